The molecule has 0 aliphatic heterocycles. The molecule has 3 aromatic carbocycles. The van der Waals surface area contributed by atoms with Crippen LogP contribution in [-0.2, 0) is 14.3 Å². The van der Waals surface area contributed by atoms with Crippen LogP contribution in [0.5, 0.6) is 23.0 Å². The van der Waals surface area contributed by atoms with Gasteiger partial charge in [0.1, 0.15) is 23.0 Å². The molecule has 0 amide bonds. The lowest BCUT2D eigenvalue weighted by Gasteiger charge is -2.10. The summed E-state index contributed by atoms with van der Waals surface area (Å²) in [5, 5.41) is 7.69. The molecule has 0 aromatic heterocycles. The molecule has 0 bridgehead atoms. The lowest BCUT2D eigenvalue weighted by molar-refractivity contribution is -0.144. The van der Waals surface area contributed by atoms with Crippen molar-refractivity contribution in [1.29, 1.82) is 0 Å². The molecular formula is C28H23ClO10. The minimum absolute atomic E-state index is 0.0879. The van der Waals surface area contributed by atoms with Gasteiger partial charge in [0.15, 0.2) is 0 Å². The first-order valence-electron chi connectivity index (χ1n) is 10.9. The Morgan fingerprint density at radius 1 is 0.795 bits per heavy atom. The van der Waals surface area contributed by atoms with Crippen molar-refractivity contribution in [3.05, 3.63) is 108 Å². The summed E-state index contributed by atoms with van der Waals surface area (Å²) in [6.45, 7) is 5.95. The highest BCUT2D eigenvalue weighted by Gasteiger charge is 2.14. The number of carboxylic acid groups (broad SMARTS) is 1. The lowest BCUT2D eigenvalue weighted by Crippen LogP contribution is -2.10. The minimum Gasteiger partial charge on any atom is -0.497 e. The Bertz CT molecular complexity index is 1330. The standard InChI is InChI=1S/C25H19ClO8.C3H4O2/c1-3-23(27)32-15-31-19-10-6-16(7-11-19)24(28)33-20-12-13-22(21(26)14-20)34-25(29)17-4-8-18(30-2)9-5-17;1-2-3(4)5/h3-14H,1,15H2,2H3;2H,1H2,(H,4,5). The van der Waals surface area contributed by atoms with Crippen LogP contribution >= 0.6 is 11.6 Å². The number of methoxy groups -OCH3 is 1. The van der Waals surface area contributed by atoms with E-state index in [4.69, 9.17) is 40.4 Å². The largest absolute Gasteiger partial charge is 0.497 e. The molecule has 202 valence electrons. The van der Waals surface area contributed by atoms with Crippen LogP contribution in [0.4, 0.5) is 0 Å². The zero-order chi connectivity index (χ0) is 28.8. The van der Waals surface area contributed by atoms with Gasteiger partial charge in [-0.3, -0.25) is 0 Å². The van der Waals surface area contributed by atoms with Crippen molar-refractivity contribution in [3.63, 3.8) is 0 Å². The highest BCUT2D eigenvalue weighted by molar-refractivity contribution is 6.32. The highest BCUT2D eigenvalue weighted by Crippen LogP contribution is 2.30. The van der Waals surface area contributed by atoms with E-state index in [1.54, 1.807) is 24.3 Å². The van der Waals surface area contributed by atoms with E-state index in [-0.39, 0.29) is 28.9 Å². The molecule has 0 saturated heterocycles. The van der Waals surface area contributed by atoms with Gasteiger partial charge in [0.05, 0.1) is 23.3 Å². The number of carboxylic acids is 1. The Balaban J connectivity index is 0.000000976. The summed E-state index contributed by atoms with van der Waals surface area (Å²) >= 11 is 6.19. The maximum Gasteiger partial charge on any atom is 0.343 e. The van der Waals surface area contributed by atoms with Crippen LogP contribution in [0.3, 0.4) is 0 Å². The number of halogens is 1. The predicted octanol–water partition coefficient (Wildman–Crippen LogP) is 5.11. The first-order valence-corrected chi connectivity index (χ1v) is 11.3. The second kappa shape index (κ2) is 15.2. The van der Waals surface area contributed by atoms with Gasteiger partial charge in [-0.25, -0.2) is 19.2 Å². The molecule has 0 heterocycles. The molecule has 0 radical (unpaired) electrons. The molecular weight excluding hydrogens is 532 g/mol. The number of carbonyl (C=O) groups is 4. The van der Waals surface area contributed by atoms with Crippen LogP contribution in [0.25, 0.3) is 0 Å². The van der Waals surface area contributed by atoms with Crippen LogP contribution in [0.2, 0.25) is 5.02 Å². The molecule has 39 heavy (non-hydrogen) atoms. The van der Waals surface area contributed by atoms with E-state index in [0.717, 1.165) is 12.2 Å². The van der Waals surface area contributed by atoms with Crippen LogP contribution in [0, 0.1) is 0 Å². The Morgan fingerprint density at radius 2 is 1.31 bits per heavy atom. The number of esters is 3. The normalized spacial score (nSPS) is 9.59. The van der Waals surface area contributed by atoms with Crippen molar-refractivity contribution in [2.75, 3.05) is 13.9 Å². The van der Waals surface area contributed by atoms with Crippen molar-refractivity contribution in [1.82, 2.24) is 0 Å². The molecule has 3 rings (SSSR count). The van der Waals surface area contributed by atoms with Gasteiger partial charge >= 0.3 is 23.9 Å². The number of carbonyl (C=O) groups excluding carboxylic acids is 3. The first-order chi connectivity index (χ1) is 18.7. The summed E-state index contributed by atoms with van der Waals surface area (Å²) in [5.41, 5.74) is 0.570. The molecule has 0 saturated carbocycles. The number of aliphatic carboxylic acids is 1. The van der Waals surface area contributed by atoms with Gasteiger partial charge in [-0.05, 0) is 60.7 Å². The Hall–Kier alpha value is -5.09. The molecule has 1 N–H and O–H groups in total. The van der Waals surface area contributed by atoms with Gasteiger partial charge in [-0.2, -0.15) is 0 Å². The summed E-state index contributed by atoms with van der Waals surface area (Å²) in [5.74, 6) is -1.56. The van der Waals surface area contributed by atoms with Crippen LogP contribution in [0.1, 0.15) is 20.7 Å². The molecule has 11 heteroatoms. The molecule has 3 aromatic rings. The third kappa shape index (κ3) is 10.1. The lowest BCUT2D eigenvalue weighted by atomic mass is 10.2. The molecule has 0 atom stereocenters. The zero-order valence-electron chi connectivity index (χ0n) is 20.6. The van der Waals surface area contributed by atoms with Gasteiger partial charge in [0.2, 0.25) is 6.79 Å². The van der Waals surface area contributed by atoms with Crippen molar-refractivity contribution in [2.45, 2.75) is 0 Å². The van der Waals surface area contributed by atoms with E-state index in [0.29, 0.717) is 17.1 Å². The first kappa shape index (κ1) is 30.1. The maximum absolute atomic E-state index is 12.4. The molecule has 0 aliphatic carbocycles. The minimum atomic E-state index is -0.981. The fraction of sp³-hybridized carbons (Fsp3) is 0.0714. The molecule has 0 spiro atoms. The summed E-state index contributed by atoms with van der Waals surface area (Å²) in [6, 6.07) is 16.7. The van der Waals surface area contributed by atoms with E-state index < -0.39 is 23.9 Å². The fourth-order valence-corrected chi connectivity index (χ4v) is 2.79. The van der Waals surface area contributed by atoms with E-state index in [2.05, 4.69) is 13.2 Å². The quantitative estimate of drug-likeness (QED) is 0.156. The van der Waals surface area contributed by atoms with Gasteiger partial charge in [0.25, 0.3) is 0 Å². The Labute approximate surface area is 228 Å². The van der Waals surface area contributed by atoms with Gasteiger partial charge < -0.3 is 28.8 Å². The second-order valence-corrected chi connectivity index (χ2v) is 7.50. The fourth-order valence-electron chi connectivity index (χ4n) is 2.58. The van der Waals surface area contributed by atoms with Crippen molar-refractivity contribution in [3.8, 4) is 23.0 Å². The molecule has 0 fully saturated rings. The third-order valence-corrected chi connectivity index (χ3v) is 4.80. The van der Waals surface area contributed by atoms with Crippen LogP contribution in [-0.4, -0.2) is 42.9 Å². The molecule has 0 aliphatic rings. The van der Waals surface area contributed by atoms with Crippen molar-refractivity contribution >= 4 is 35.5 Å². The Kier molecular flexibility index (Phi) is 11.8. The Morgan fingerprint density at radius 3 is 1.79 bits per heavy atom. The predicted molar refractivity (Wildman–Crippen MR) is 140 cm³/mol. The average Bonchev–Trinajstić information content (AvgIpc) is 2.95. The number of rotatable bonds is 10. The summed E-state index contributed by atoms with van der Waals surface area (Å²) < 4.78 is 25.6. The SMILES string of the molecule is C=CC(=O)O.C=CC(=O)OCOc1ccc(C(=O)Oc2ccc(OC(=O)c3ccc(OC)cc3)c(Cl)c2)cc1. The number of hydrogen-bond acceptors (Lipinski definition) is 9. The van der Waals surface area contributed by atoms with E-state index in [1.165, 1.54) is 49.6 Å². The zero-order valence-corrected chi connectivity index (χ0v) is 21.4. The number of benzene rings is 3. The van der Waals surface area contributed by atoms with E-state index >= 15 is 0 Å². The number of ether oxygens (including phenoxy) is 5. The van der Waals surface area contributed by atoms with Crippen molar-refractivity contribution in [2.24, 2.45) is 0 Å². The van der Waals surface area contributed by atoms with Gasteiger partial charge in [-0.1, -0.05) is 24.8 Å². The van der Waals surface area contributed by atoms with Gasteiger partial charge in [0, 0.05) is 18.2 Å². The highest BCUT2D eigenvalue weighted by atomic mass is 35.5. The smallest absolute Gasteiger partial charge is 0.343 e. The third-order valence-electron chi connectivity index (χ3n) is 4.50. The van der Waals surface area contributed by atoms with Crippen LogP contribution in [0.15, 0.2) is 92.0 Å². The topological polar surface area (TPSA) is 135 Å². The van der Waals surface area contributed by atoms with E-state index in [9.17, 15) is 19.2 Å². The van der Waals surface area contributed by atoms with Crippen molar-refractivity contribution < 1.29 is 48.0 Å². The molecule has 0 unspecified atom stereocenters. The second-order valence-electron chi connectivity index (χ2n) is 7.10. The molecule has 10 nitrogen and oxygen atoms in total. The maximum atomic E-state index is 12.4. The number of hydrogen-bond donors (Lipinski definition) is 1. The summed E-state index contributed by atoms with van der Waals surface area (Å²) in [6.07, 6.45) is 1.85. The van der Waals surface area contributed by atoms with Gasteiger partial charge in [-0.15, -0.1) is 0 Å². The monoisotopic (exact) mass is 554 g/mol. The van der Waals surface area contributed by atoms with Crippen LogP contribution < -0.4 is 18.9 Å². The van der Waals surface area contributed by atoms with E-state index in [1.807, 2.05) is 0 Å². The summed E-state index contributed by atoms with van der Waals surface area (Å²) in [7, 11) is 1.53. The average molecular weight is 555 g/mol. The summed E-state index contributed by atoms with van der Waals surface area (Å²) in [4.78, 5) is 44.9.